The van der Waals surface area contributed by atoms with E-state index in [9.17, 15) is 0 Å². The molecular weight excluding hydrogens is 483 g/mol. The zero-order valence-electron chi connectivity index (χ0n) is 18.2. The fourth-order valence-corrected chi connectivity index (χ4v) is 3.46. The Bertz CT molecular complexity index is 608. The van der Waals surface area contributed by atoms with E-state index in [0.29, 0.717) is 5.92 Å². The van der Waals surface area contributed by atoms with Gasteiger partial charge in [0.25, 0.3) is 0 Å². The Balaban J connectivity index is 0.00000420. The van der Waals surface area contributed by atoms with E-state index < -0.39 is 0 Å². The third kappa shape index (κ3) is 8.96. The predicted octanol–water partition coefficient (Wildman–Crippen LogP) is 2.39. The Hall–Kier alpha value is -1.26. The van der Waals surface area contributed by atoms with Crippen LogP contribution in [0.5, 0.6) is 11.5 Å². The summed E-state index contributed by atoms with van der Waals surface area (Å²) in [6.07, 6.45) is 3.33. The van der Waals surface area contributed by atoms with E-state index in [0.717, 1.165) is 63.2 Å². The van der Waals surface area contributed by atoms with Crippen LogP contribution in [0.4, 0.5) is 0 Å². The number of guanidine groups is 1. The van der Waals surface area contributed by atoms with E-state index in [4.69, 9.17) is 14.2 Å². The number of nitrogens with one attached hydrogen (secondary N) is 2. The molecule has 1 aliphatic rings. The summed E-state index contributed by atoms with van der Waals surface area (Å²) in [6, 6.07) is 6.03. The molecule has 1 saturated heterocycles. The second-order valence-electron chi connectivity index (χ2n) is 7.10. The number of hydrogen-bond donors (Lipinski definition) is 2. The topological polar surface area (TPSA) is 67.4 Å². The third-order valence-corrected chi connectivity index (χ3v) is 5.25. The summed E-state index contributed by atoms with van der Waals surface area (Å²) in [6.45, 7) is 5.94. The smallest absolute Gasteiger partial charge is 0.190 e. The molecule has 8 heteroatoms. The van der Waals surface area contributed by atoms with Gasteiger partial charge in [-0.05, 0) is 56.0 Å². The number of nitrogens with zero attached hydrogens (tertiary/aromatic N) is 2. The first-order valence-corrected chi connectivity index (χ1v) is 10.1. The maximum atomic E-state index is 5.37. The number of piperidine rings is 1. The van der Waals surface area contributed by atoms with Crippen molar-refractivity contribution in [1.82, 2.24) is 15.5 Å². The standard InChI is InChI=1S/C21H36N4O3.HI/c1-22-21(24-16-18-8-11-25(12-9-18)13-14-26-2)23-10-7-17-5-6-19(27-3)20(15-17)28-4;/h5-6,15,18H,7-14,16H2,1-4H3,(H2,22,23,24);1H. The van der Waals surface area contributed by atoms with Crippen molar-refractivity contribution in [3.63, 3.8) is 0 Å². The number of aliphatic imine (C=N–C) groups is 1. The van der Waals surface area contributed by atoms with Gasteiger partial charge in [-0.25, -0.2) is 0 Å². The molecule has 0 bridgehead atoms. The molecule has 1 aromatic carbocycles. The first-order chi connectivity index (χ1) is 13.7. The number of rotatable bonds is 10. The summed E-state index contributed by atoms with van der Waals surface area (Å²) < 4.78 is 15.8. The molecule has 0 amide bonds. The van der Waals surface area contributed by atoms with Crippen LogP contribution in [0, 0.1) is 5.92 Å². The number of hydrogen-bond acceptors (Lipinski definition) is 5. The molecule has 0 atom stereocenters. The molecule has 0 aromatic heterocycles. The monoisotopic (exact) mass is 520 g/mol. The van der Waals surface area contributed by atoms with Crippen LogP contribution in [0.15, 0.2) is 23.2 Å². The largest absolute Gasteiger partial charge is 0.493 e. The highest BCUT2D eigenvalue weighted by molar-refractivity contribution is 14.0. The quantitative estimate of drug-likeness (QED) is 0.281. The summed E-state index contributed by atoms with van der Waals surface area (Å²) in [7, 11) is 6.89. The van der Waals surface area contributed by atoms with Gasteiger partial charge in [-0.1, -0.05) is 6.07 Å². The second-order valence-corrected chi connectivity index (χ2v) is 7.10. The maximum absolute atomic E-state index is 5.37. The van der Waals surface area contributed by atoms with Crippen molar-refractivity contribution in [2.45, 2.75) is 19.3 Å². The van der Waals surface area contributed by atoms with E-state index in [-0.39, 0.29) is 24.0 Å². The summed E-state index contributed by atoms with van der Waals surface area (Å²) >= 11 is 0. The van der Waals surface area contributed by atoms with Gasteiger partial charge < -0.3 is 29.7 Å². The van der Waals surface area contributed by atoms with Crippen molar-refractivity contribution < 1.29 is 14.2 Å². The van der Waals surface area contributed by atoms with Crippen LogP contribution in [-0.2, 0) is 11.2 Å². The summed E-state index contributed by atoms with van der Waals surface area (Å²) in [5.41, 5.74) is 1.20. The highest BCUT2D eigenvalue weighted by Gasteiger charge is 2.18. The van der Waals surface area contributed by atoms with E-state index in [1.165, 1.54) is 18.4 Å². The zero-order chi connectivity index (χ0) is 20.2. The molecule has 166 valence electrons. The van der Waals surface area contributed by atoms with Gasteiger partial charge in [-0.2, -0.15) is 0 Å². The van der Waals surface area contributed by atoms with Crippen LogP contribution in [0.3, 0.4) is 0 Å². The summed E-state index contributed by atoms with van der Waals surface area (Å²) in [5, 5.41) is 6.88. The lowest BCUT2D eigenvalue weighted by atomic mass is 9.97. The predicted molar refractivity (Wildman–Crippen MR) is 129 cm³/mol. The Kier molecular flexibility index (Phi) is 13.0. The minimum atomic E-state index is 0. The van der Waals surface area contributed by atoms with E-state index in [2.05, 4.69) is 26.6 Å². The van der Waals surface area contributed by atoms with Crippen molar-refractivity contribution in [3.8, 4) is 11.5 Å². The van der Waals surface area contributed by atoms with Crippen molar-refractivity contribution in [1.29, 1.82) is 0 Å². The highest BCUT2D eigenvalue weighted by Crippen LogP contribution is 2.27. The lowest BCUT2D eigenvalue weighted by Crippen LogP contribution is -2.43. The van der Waals surface area contributed by atoms with Crippen molar-refractivity contribution in [3.05, 3.63) is 23.8 Å². The molecular formula is C21H37IN4O3. The molecule has 0 spiro atoms. The molecule has 0 unspecified atom stereocenters. The van der Waals surface area contributed by atoms with E-state index in [1.54, 1.807) is 21.3 Å². The molecule has 2 N–H and O–H groups in total. The van der Waals surface area contributed by atoms with Crippen LogP contribution in [0.25, 0.3) is 0 Å². The Morgan fingerprint density at radius 1 is 1.10 bits per heavy atom. The fraction of sp³-hybridized carbons (Fsp3) is 0.667. The number of benzene rings is 1. The Morgan fingerprint density at radius 2 is 1.83 bits per heavy atom. The molecule has 2 rings (SSSR count). The Labute approximate surface area is 192 Å². The minimum Gasteiger partial charge on any atom is -0.493 e. The van der Waals surface area contributed by atoms with Gasteiger partial charge in [0.05, 0.1) is 20.8 Å². The van der Waals surface area contributed by atoms with Crippen LogP contribution < -0.4 is 20.1 Å². The van der Waals surface area contributed by atoms with Gasteiger partial charge in [0.15, 0.2) is 17.5 Å². The molecule has 1 fully saturated rings. The first kappa shape index (κ1) is 25.8. The summed E-state index contributed by atoms with van der Waals surface area (Å²) in [4.78, 5) is 6.83. The zero-order valence-corrected chi connectivity index (χ0v) is 20.5. The van der Waals surface area contributed by atoms with Gasteiger partial charge in [0.2, 0.25) is 0 Å². The molecule has 1 heterocycles. The summed E-state index contributed by atoms with van der Waals surface area (Å²) in [5.74, 6) is 3.08. The lowest BCUT2D eigenvalue weighted by Gasteiger charge is -2.32. The normalized spacial score (nSPS) is 15.5. The van der Waals surface area contributed by atoms with Crippen LogP contribution in [0.2, 0.25) is 0 Å². The Morgan fingerprint density at radius 3 is 2.45 bits per heavy atom. The third-order valence-electron chi connectivity index (χ3n) is 5.25. The molecule has 0 saturated carbocycles. The van der Waals surface area contributed by atoms with Gasteiger partial charge in [0.1, 0.15) is 0 Å². The fourth-order valence-electron chi connectivity index (χ4n) is 3.46. The highest BCUT2D eigenvalue weighted by atomic mass is 127. The number of halogens is 1. The van der Waals surface area contributed by atoms with Crippen LogP contribution in [0.1, 0.15) is 18.4 Å². The van der Waals surface area contributed by atoms with Gasteiger partial charge in [-0.15, -0.1) is 24.0 Å². The average Bonchev–Trinajstić information content (AvgIpc) is 2.75. The van der Waals surface area contributed by atoms with Crippen molar-refractivity contribution in [2.75, 3.05) is 67.7 Å². The number of ether oxygens (including phenoxy) is 3. The molecule has 1 aliphatic heterocycles. The molecule has 29 heavy (non-hydrogen) atoms. The van der Waals surface area contributed by atoms with Crippen LogP contribution >= 0.6 is 24.0 Å². The molecule has 1 aromatic rings. The number of methoxy groups -OCH3 is 3. The van der Waals surface area contributed by atoms with Crippen molar-refractivity contribution in [2.24, 2.45) is 10.9 Å². The van der Waals surface area contributed by atoms with E-state index in [1.807, 2.05) is 19.2 Å². The lowest BCUT2D eigenvalue weighted by molar-refractivity contribution is 0.121. The first-order valence-electron chi connectivity index (χ1n) is 10.1. The van der Waals surface area contributed by atoms with Gasteiger partial charge >= 0.3 is 0 Å². The SMILES string of the molecule is CN=C(NCCc1ccc(OC)c(OC)c1)NCC1CCN(CCOC)CC1.I. The average molecular weight is 520 g/mol. The van der Waals surface area contributed by atoms with Crippen molar-refractivity contribution >= 4 is 29.9 Å². The van der Waals surface area contributed by atoms with Gasteiger partial charge in [0, 0.05) is 33.8 Å². The van der Waals surface area contributed by atoms with Crippen LogP contribution in [-0.4, -0.2) is 78.6 Å². The maximum Gasteiger partial charge on any atom is 0.190 e. The van der Waals surface area contributed by atoms with E-state index >= 15 is 0 Å². The molecule has 0 aliphatic carbocycles. The van der Waals surface area contributed by atoms with Gasteiger partial charge in [-0.3, -0.25) is 4.99 Å². The molecule has 7 nitrogen and oxygen atoms in total. The number of likely N-dealkylation sites (tertiary alicyclic amines) is 1. The second kappa shape index (κ2) is 14.7. The molecule has 0 radical (unpaired) electrons. The minimum absolute atomic E-state index is 0.